The molecular formula is C12H14N4O. The molecule has 0 atom stereocenters. The number of nitrogens with zero attached hydrogens (tertiary/aromatic N) is 2. The van der Waals surface area contributed by atoms with Gasteiger partial charge in [-0.05, 0) is 18.6 Å². The maximum Gasteiger partial charge on any atom is 0.161 e. The van der Waals surface area contributed by atoms with Crippen molar-refractivity contribution in [1.82, 2.24) is 9.97 Å². The van der Waals surface area contributed by atoms with Gasteiger partial charge in [0, 0.05) is 17.3 Å². The van der Waals surface area contributed by atoms with Crippen LogP contribution in [0, 0.1) is 0 Å². The van der Waals surface area contributed by atoms with E-state index in [4.69, 9.17) is 5.84 Å². The lowest BCUT2D eigenvalue weighted by Crippen LogP contribution is -2.10. The van der Waals surface area contributed by atoms with Crippen molar-refractivity contribution in [2.75, 3.05) is 5.43 Å². The number of aryl methyl sites for hydroxylation is 1. The molecule has 1 aromatic heterocycles. The van der Waals surface area contributed by atoms with Crippen molar-refractivity contribution in [1.29, 1.82) is 0 Å². The summed E-state index contributed by atoms with van der Waals surface area (Å²) >= 11 is 0. The molecule has 0 aliphatic heterocycles. The number of hydrogen-bond donors (Lipinski definition) is 3. The normalized spacial score (nSPS) is 10.2. The molecule has 5 nitrogen and oxygen atoms in total. The topological polar surface area (TPSA) is 84.1 Å². The molecule has 1 heterocycles. The Balaban J connectivity index is 2.50. The van der Waals surface area contributed by atoms with Gasteiger partial charge in [-0.15, -0.1) is 0 Å². The lowest BCUT2D eigenvalue weighted by molar-refractivity contribution is 0.475. The van der Waals surface area contributed by atoms with Gasteiger partial charge in [0.05, 0.1) is 0 Å². The molecule has 0 radical (unpaired) electrons. The fourth-order valence-corrected chi connectivity index (χ4v) is 1.53. The van der Waals surface area contributed by atoms with E-state index in [-0.39, 0.29) is 5.75 Å². The Morgan fingerprint density at radius 1 is 1.29 bits per heavy atom. The number of hydrazine groups is 1. The average molecular weight is 230 g/mol. The highest BCUT2D eigenvalue weighted by Gasteiger charge is 2.06. The molecule has 2 rings (SSSR count). The summed E-state index contributed by atoms with van der Waals surface area (Å²) in [6, 6.07) is 8.62. The van der Waals surface area contributed by atoms with Crippen molar-refractivity contribution >= 4 is 5.82 Å². The quantitative estimate of drug-likeness (QED) is 0.552. The van der Waals surface area contributed by atoms with Crippen molar-refractivity contribution in [3.8, 4) is 17.1 Å². The first kappa shape index (κ1) is 11.3. The second-order valence-corrected chi connectivity index (χ2v) is 3.62. The third kappa shape index (κ3) is 2.51. The molecule has 17 heavy (non-hydrogen) atoms. The van der Waals surface area contributed by atoms with Gasteiger partial charge in [-0.3, -0.25) is 0 Å². The summed E-state index contributed by atoms with van der Waals surface area (Å²) in [6.45, 7) is 2.01. The minimum Gasteiger partial charge on any atom is -0.508 e. The van der Waals surface area contributed by atoms with Crippen LogP contribution >= 0.6 is 0 Å². The standard InChI is InChI=1S/C12H14N4O/c1-2-9-7-11(16-13)15-12(14-9)8-4-3-5-10(17)6-8/h3-7,17H,2,13H2,1H3,(H,14,15,16). The van der Waals surface area contributed by atoms with Crippen molar-refractivity contribution in [2.24, 2.45) is 5.84 Å². The molecule has 5 heteroatoms. The number of rotatable bonds is 3. The summed E-state index contributed by atoms with van der Waals surface area (Å²) in [6.07, 6.45) is 0.795. The molecule has 88 valence electrons. The lowest BCUT2D eigenvalue weighted by Gasteiger charge is -2.06. The zero-order valence-corrected chi connectivity index (χ0v) is 9.51. The van der Waals surface area contributed by atoms with Gasteiger partial charge in [-0.2, -0.15) is 0 Å². The van der Waals surface area contributed by atoms with E-state index < -0.39 is 0 Å². The first-order valence-corrected chi connectivity index (χ1v) is 5.37. The van der Waals surface area contributed by atoms with Crippen LogP contribution in [0.1, 0.15) is 12.6 Å². The molecule has 0 bridgehead atoms. The Morgan fingerprint density at radius 3 is 2.76 bits per heavy atom. The largest absolute Gasteiger partial charge is 0.508 e. The molecule has 0 amide bonds. The molecule has 1 aromatic carbocycles. The summed E-state index contributed by atoms with van der Waals surface area (Å²) in [4.78, 5) is 8.65. The number of aromatic nitrogens is 2. The maximum absolute atomic E-state index is 9.43. The number of anilines is 1. The third-order valence-corrected chi connectivity index (χ3v) is 2.39. The molecule has 0 saturated carbocycles. The van der Waals surface area contributed by atoms with E-state index in [0.717, 1.165) is 17.7 Å². The fourth-order valence-electron chi connectivity index (χ4n) is 1.53. The van der Waals surface area contributed by atoms with Gasteiger partial charge in [-0.1, -0.05) is 19.1 Å². The highest BCUT2D eigenvalue weighted by atomic mass is 16.3. The van der Waals surface area contributed by atoms with Crippen molar-refractivity contribution < 1.29 is 5.11 Å². The molecule has 0 saturated heterocycles. The van der Waals surface area contributed by atoms with E-state index >= 15 is 0 Å². The summed E-state index contributed by atoms with van der Waals surface area (Å²) in [5, 5.41) is 9.43. The van der Waals surface area contributed by atoms with Crippen LogP contribution in [0.2, 0.25) is 0 Å². The number of phenols is 1. The average Bonchev–Trinajstić information content (AvgIpc) is 2.38. The van der Waals surface area contributed by atoms with Crippen LogP contribution in [-0.4, -0.2) is 15.1 Å². The second-order valence-electron chi connectivity index (χ2n) is 3.62. The number of nitrogens with two attached hydrogens (primary N) is 1. The number of nitrogen functional groups attached to an aromatic ring is 1. The smallest absolute Gasteiger partial charge is 0.161 e. The predicted molar refractivity (Wildman–Crippen MR) is 66.3 cm³/mol. The highest BCUT2D eigenvalue weighted by molar-refractivity contribution is 5.59. The number of nitrogens with one attached hydrogen (secondary N) is 1. The number of aromatic hydroxyl groups is 1. The molecule has 0 unspecified atom stereocenters. The monoisotopic (exact) mass is 230 g/mol. The molecule has 0 aliphatic rings. The van der Waals surface area contributed by atoms with Gasteiger partial charge >= 0.3 is 0 Å². The molecule has 4 N–H and O–H groups in total. The van der Waals surface area contributed by atoms with Gasteiger partial charge in [0.1, 0.15) is 11.6 Å². The molecule has 0 spiro atoms. The minimum atomic E-state index is 0.190. The van der Waals surface area contributed by atoms with Gasteiger partial charge in [0.15, 0.2) is 5.82 Å². The van der Waals surface area contributed by atoms with Gasteiger partial charge in [0.25, 0.3) is 0 Å². The summed E-state index contributed by atoms with van der Waals surface area (Å²) in [5.41, 5.74) is 4.17. The summed E-state index contributed by atoms with van der Waals surface area (Å²) < 4.78 is 0. The van der Waals surface area contributed by atoms with E-state index in [2.05, 4.69) is 15.4 Å². The molecule has 2 aromatic rings. The number of phenolic OH excluding ortho intramolecular Hbond substituents is 1. The molecule has 0 fully saturated rings. The van der Waals surface area contributed by atoms with Crippen LogP contribution in [0.5, 0.6) is 5.75 Å². The number of hydrogen-bond acceptors (Lipinski definition) is 5. The van der Waals surface area contributed by atoms with E-state index in [9.17, 15) is 5.11 Å². The van der Waals surface area contributed by atoms with E-state index in [1.165, 1.54) is 0 Å². The SMILES string of the molecule is CCc1cc(NN)nc(-c2cccc(O)c2)n1. The molecule has 0 aliphatic carbocycles. The Bertz CT molecular complexity index is 505. The van der Waals surface area contributed by atoms with Crippen LogP contribution in [0.25, 0.3) is 11.4 Å². The van der Waals surface area contributed by atoms with Gasteiger partial charge in [-0.25, -0.2) is 15.8 Å². The van der Waals surface area contributed by atoms with Gasteiger partial charge in [0.2, 0.25) is 0 Å². The third-order valence-electron chi connectivity index (χ3n) is 2.39. The lowest BCUT2D eigenvalue weighted by atomic mass is 10.2. The van der Waals surface area contributed by atoms with Crippen LogP contribution < -0.4 is 11.3 Å². The zero-order valence-electron chi connectivity index (χ0n) is 9.51. The fraction of sp³-hybridized carbons (Fsp3) is 0.167. The van der Waals surface area contributed by atoms with Crippen molar-refractivity contribution in [2.45, 2.75) is 13.3 Å². The van der Waals surface area contributed by atoms with Crippen LogP contribution in [0.3, 0.4) is 0 Å². The minimum absolute atomic E-state index is 0.190. The van der Waals surface area contributed by atoms with Crippen LogP contribution in [0.15, 0.2) is 30.3 Å². The van der Waals surface area contributed by atoms with E-state index in [0.29, 0.717) is 11.6 Å². The van der Waals surface area contributed by atoms with Crippen LogP contribution in [-0.2, 0) is 6.42 Å². The van der Waals surface area contributed by atoms with E-state index in [1.54, 1.807) is 24.3 Å². The Labute approximate surface area is 99.3 Å². The maximum atomic E-state index is 9.43. The predicted octanol–water partition coefficient (Wildman–Crippen LogP) is 1.70. The summed E-state index contributed by atoms with van der Waals surface area (Å²) in [5.74, 6) is 6.66. The zero-order chi connectivity index (χ0) is 12.3. The first-order valence-electron chi connectivity index (χ1n) is 5.37. The van der Waals surface area contributed by atoms with Crippen molar-refractivity contribution in [3.63, 3.8) is 0 Å². The number of benzene rings is 1. The molecular weight excluding hydrogens is 216 g/mol. The highest BCUT2D eigenvalue weighted by Crippen LogP contribution is 2.21. The Kier molecular flexibility index (Phi) is 3.20. The summed E-state index contributed by atoms with van der Waals surface area (Å²) in [7, 11) is 0. The van der Waals surface area contributed by atoms with Crippen molar-refractivity contribution in [3.05, 3.63) is 36.0 Å². The van der Waals surface area contributed by atoms with Crippen LogP contribution in [0.4, 0.5) is 5.82 Å². The Morgan fingerprint density at radius 2 is 2.12 bits per heavy atom. The van der Waals surface area contributed by atoms with Gasteiger partial charge < -0.3 is 10.5 Å². The second kappa shape index (κ2) is 4.80. The first-order chi connectivity index (χ1) is 8.22. The van der Waals surface area contributed by atoms with E-state index in [1.807, 2.05) is 13.0 Å². The Hall–Kier alpha value is -2.14.